The molecule has 2 aromatic carbocycles. The Bertz CT molecular complexity index is 1180. The van der Waals surface area contributed by atoms with Crippen LogP contribution in [0, 0.1) is 11.3 Å². The Hall–Kier alpha value is -4.83. The minimum Gasteiger partial charge on any atom is -0.504 e. The molecule has 0 aliphatic rings. The largest absolute Gasteiger partial charge is 0.504 e. The maximum Gasteiger partial charge on any atom is 0.270 e. The van der Waals surface area contributed by atoms with Gasteiger partial charge in [0.05, 0.1) is 39.5 Å². The van der Waals surface area contributed by atoms with Crippen molar-refractivity contribution in [2.75, 3.05) is 34.4 Å². The number of carbonyl (C=O) groups is 2. The number of hydrogen-bond donors (Lipinski definition) is 6. The molecule has 0 heterocycles. The van der Waals surface area contributed by atoms with Gasteiger partial charge in [-0.15, -0.1) is 0 Å². The molecule has 0 saturated carbocycles. The highest BCUT2D eigenvalue weighted by molar-refractivity contribution is 5.98. The van der Waals surface area contributed by atoms with Crippen LogP contribution in [0.5, 0.6) is 28.7 Å². The number of methoxy groups -OCH3 is 3. The number of aromatic hydroxyl groups is 2. The summed E-state index contributed by atoms with van der Waals surface area (Å²) in [5, 5.41) is 34.5. The highest BCUT2D eigenvalue weighted by atomic mass is 16.5. The second kappa shape index (κ2) is 12.6. The fraction of sp³-hybridized carbons (Fsp3) is 0.261. The molecule has 13 nitrogen and oxygen atoms in total. The first-order valence-corrected chi connectivity index (χ1v) is 10.4. The van der Waals surface area contributed by atoms with Crippen molar-refractivity contribution in [3.63, 3.8) is 0 Å². The number of ether oxygens (including phenoxy) is 3. The van der Waals surface area contributed by atoms with Crippen molar-refractivity contribution in [2.24, 2.45) is 11.6 Å². The number of phenolic OH excluding ortho intramolecular Hbond substituents is 2. The number of nitrogens with one attached hydrogen (secondary N) is 2. The first-order chi connectivity index (χ1) is 17.2. The predicted octanol–water partition coefficient (Wildman–Crippen LogP) is 0.210. The van der Waals surface area contributed by atoms with Gasteiger partial charge >= 0.3 is 0 Å². The van der Waals surface area contributed by atoms with Crippen LogP contribution in [0.3, 0.4) is 0 Å². The van der Waals surface area contributed by atoms with Crippen molar-refractivity contribution >= 4 is 11.8 Å². The maximum atomic E-state index is 12.6. The molecule has 0 radical (unpaired) electrons. The number of rotatable bonds is 11. The van der Waals surface area contributed by atoms with Gasteiger partial charge in [0.1, 0.15) is 11.7 Å². The Labute approximate surface area is 207 Å². The zero-order valence-corrected chi connectivity index (χ0v) is 19.9. The molecule has 2 amide bonds. The second-order valence-corrected chi connectivity index (χ2v) is 7.24. The van der Waals surface area contributed by atoms with E-state index in [4.69, 9.17) is 25.8 Å². The molecule has 0 bridgehead atoms. The average molecular weight is 501 g/mol. The summed E-state index contributed by atoms with van der Waals surface area (Å²) in [6.07, 6.45) is 1.14. The molecule has 0 aromatic heterocycles. The zero-order valence-electron chi connectivity index (χ0n) is 19.9. The van der Waals surface area contributed by atoms with E-state index in [-0.39, 0.29) is 47.2 Å². The van der Waals surface area contributed by atoms with Crippen LogP contribution in [0.4, 0.5) is 0 Å². The van der Waals surface area contributed by atoms with Crippen LogP contribution >= 0.6 is 0 Å². The lowest BCUT2D eigenvalue weighted by Crippen LogP contribution is -2.38. The number of nitrogens with zero attached hydrogens (tertiary/aromatic N) is 2. The third-order valence-electron chi connectivity index (χ3n) is 4.91. The third-order valence-corrected chi connectivity index (χ3v) is 4.91. The third kappa shape index (κ3) is 6.61. The van der Waals surface area contributed by atoms with Gasteiger partial charge in [0.25, 0.3) is 11.8 Å². The van der Waals surface area contributed by atoms with Gasteiger partial charge in [-0.3, -0.25) is 9.59 Å². The smallest absolute Gasteiger partial charge is 0.270 e. The van der Waals surface area contributed by atoms with Crippen molar-refractivity contribution in [1.29, 1.82) is 5.26 Å². The van der Waals surface area contributed by atoms with E-state index in [0.717, 1.165) is 17.3 Å². The van der Waals surface area contributed by atoms with Gasteiger partial charge < -0.3 is 45.8 Å². The summed E-state index contributed by atoms with van der Waals surface area (Å²) in [6.45, 7) is 0.175. The number of nitriles is 1. The van der Waals surface area contributed by atoms with E-state index in [9.17, 15) is 25.1 Å². The SMILES string of the molecule is COc1ccc(C(=O)NCCN(N)/C=C(\N)C(=O)NC(C#N)c2ccc(O)c(O)c2)c(OC)c1OC. The first kappa shape index (κ1) is 27.4. The molecule has 2 rings (SSSR count). The molecule has 192 valence electrons. The summed E-state index contributed by atoms with van der Waals surface area (Å²) < 4.78 is 15.8. The lowest BCUT2D eigenvalue weighted by atomic mass is 10.1. The van der Waals surface area contributed by atoms with Crippen LogP contribution in [0.1, 0.15) is 22.0 Å². The zero-order chi connectivity index (χ0) is 26.8. The van der Waals surface area contributed by atoms with Crippen LogP contribution in [0.15, 0.2) is 42.2 Å². The number of carbonyl (C=O) groups excluding carboxylic acids is 2. The molecule has 2 aromatic rings. The van der Waals surface area contributed by atoms with Gasteiger partial charge in [-0.05, 0) is 29.8 Å². The monoisotopic (exact) mass is 500 g/mol. The minimum absolute atomic E-state index is 0.0861. The molecule has 0 saturated heterocycles. The molecule has 0 aliphatic heterocycles. The van der Waals surface area contributed by atoms with E-state index >= 15 is 0 Å². The summed E-state index contributed by atoms with van der Waals surface area (Å²) >= 11 is 0. The number of nitrogens with two attached hydrogens (primary N) is 2. The van der Waals surface area contributed by atoms with Gasteiger partial charge in [-0.2, -0.15) is 5.26 Å². The van der Waals surface area contributed by atoms with Gasteiger partial charge in [0.2, 0.25) is 5.75 Å². The molecule has 1 unspecified atom stereocenters. The summed E-state index contributed by atoms with van der Waals surface area (Å²) in [5.41, 5.74) is 5.94. The minimum atomic E-state index is -1.14. The Morgan fingerprint density at radius 2 is 1.81 bits per heavy atom. The van der Waals surface area contributed by atoms with Crippen LogP contribution in [0.25, 0.3) is 0 Å². The summed E-state index contributed by atoms with van der Waals surface area (Å²) in [6, 6.07) is 7.53. The predicted molar refractivity (Wildman–Crippen MR) is 128 cm³/mol. The van der Waals surface area contributed by atoms with Crippen LogP contribution < -0.4 is 36.4 Å². The van der Waals surface area contributed by atoms with E-state index in [1.165, 1.54) is 39.5 Å². The van der Waals surface area contributed by atoms with Crippen molar-refractivity contribution in [3.8, 4) is 34.8 Å². The highest BCUT2D eigenvalue weighted by Crippen LogP contribution is 2.39. The van der Waals surface area contributed by atoms with Crippen molar-refractivity contribution in [3.05, 3.63) is 53.4 Å². The van der Waals surface area contributed by atoms with Crippen LogP contribution in [0.2, 0.25) is 0 Å². The molecule has 36 heavy (non-hydrogen) atoms. The van der Waals surface area contributed by atoms with Crippen molar-refractivity contribution in [2.45, 2.75) is 6.04 Å². The van der Waals surface area contributed by atoms with Crippen molar-refractivity contribution in [1.82, 2.24) is 15.6 Å². The van der Waals surface area contributed by atoms with E-state index in [1.807, 2.05) is 6.07 Å². The lowest BCUT2D eigenvalue weighted by Gasteiger charge is -2.18. The summed E-state index contributed by atoms with van der Waals surface area (Å²) in [7, 11) is 4.29. The molecule has 13 heteroatoms. The Kier molecular flexibility index (Phi) is 9.58. The molecular weight excluding hydrogens is 472 g/mol. The average Bonchev–Trinajstić information content (AvgIpc) is 2.87. The van der Waals surface area contributed by atoms with Crippen LogP contribution in [-0.4, -0.2) is 61.5 Å². The van der Waals surface area contributed by atoms with E-state index in [1.54, 1.807) is 6.07 Å². The second-order valence-electron chi connectivity index (χ2n) is 7.24. The number of phenols is 2. The lowest BCUT2D eigenvalue weighted by molar-refractivity contribution is -0.118. The quantitative estimate of drug-likeness (QED) is 0.106. The van der Waals surface area contributed by atoms with Crippen LogP contribution in [-0.2, 0) is 4.79 Å². The molecular formula is C23H28N6O7. The van der Waals surface area contributed by atoms with Gasteiger partial charge in [0, 0.05) is 12.7 Å². The number of hydrogen-bond acceptors (Lipinski definition) is 11. The first-order valence-electron chi connectivity index (χ1n) is 10.4. The van der Waals surface area contributed by atoms with Gasteiger partial charge in [-0.1, -0.05) is 6.07 Å². The fourth-order valence-electron chi connectivity index (χ4n) is 3.10. The maximum absolute atomic E-state index is 12.6. The topological polar surface area (TPSA) is 205 Å². The normalized spacial score (nSPS) is 11.6. The number of amides is 2. The van der Waals surface area contributed by atoms with E-state index in [2.05, 4.69) is 10.6 Å². The summed E-state index contributed by atoms with van der Waals surface area (Å²) in [4.78, 5) is 25.0. The highest BCUT2D eigenvalue weighted by Gasteiger charge is 2.21. The molecule has 8 N–H and O–H groups in total. The Morgan fingerprint density at radius 1 is 1.11 bits per heavy atom. The molecule has 0 spiro atoms. The number of benzene rings is 2. The van der Waals surface area contributed by atoms with Gasteiger partial charge in [-0.25, -0.2) is 5.84 Å². The Morgan fingerprint density at radius 3 is 2.39 bits per heavy atom. The number of hydrazine groups is 1. The molecule has 0 fully saturated rings. The van der Waals surface area contributed by atoms with Gasteiger partial charge in [0.15, 0.2) is 23.0 Å². The summed E-state index contributed by atoms with van der Waals surface area (Å²) in [5.74, 6) is 4.68. The Balaban J connectivity index is 1.97. The standard InChI is InChI=1S/C23H28N6O7/c1-34-19-7-5-14(20(35-2)21(19)36-3)22(32)27-8-9-29(26)12-15(25)23(33)28-16(11-24)13-4-6-17(30)18(31)10-13/h4-7,10,12,16,30-31H,8-9,25-26H2,1-3H3,(H,27,32)(H,28,33)/b15-12-. The fourth-order valence-corrected chi connectivity index (χ4v) is 3.10. The van der Waals surface area contributed by atoms with Crippen molar-refractivity contribution < 1.29 is 34.0 Å². The van der Waals surface area contributed by atoms with E-state index < -0.39 is 23.6 Å². The molecule has 1 atom stereocenters. The van der Waals surface area contributed by atoms with E-state index in [0.29, 0.717) is 5.75 Å². The molecule has 0 aliphatic carbocycles.